The molecule has 0 saturated heterocycles. The lowest BCUT2D eigenvalue weighted by molar-refractivity contribution is -0.134. The fraction of sp³-hybridized carbons (Fsp3) is 0.200. The first kappa shape index (κ1) is 20.3. The maximum Gasteiger partial charge on any atom is 0.337 e. The van der Waals surface area contributed by atoms with Crippen LogP contribution in [0.3, 0.4) is 0 Å². The van der Waals surface area contributed by atoms with Crippen LogP contribution in [0.1, 0.15) is 22.7 Å². The number of methoxy groups -OCH3 is 2. The number of hydrogen-bond acceptors (Lipinski definition) is 8. The molecule has 3 rings (SSSR count). The molecule has 0 radical (unpaired) electrons. The Balaban J connectivity index is 1.60. The maximum absolute atomic E-state index is 12.2. The zero-order valence-corrected chi connectivity index (χ0v) is 16.4. The molecule has 0 fully saturated rings. The van der Waals surface area contributed by atoms with Gasteiger partial charge < -0.3 is 18.7 Å². The lowest BCUT2D eigenvalue weighted by Crippen LogP contribution is -2.10. The zero-order valence-electron chi connectivity index (χ0n) is 15.7. The number of esters is 2. The number of nitrogens with zero attached hydrogens (tertiary/aromatic N) is 2. The van der Waals surface area contributed by atoms with E-state index in [9.17, 15) is 9.59 Å². The minimum absolute atomic E-state index is 0.0180. The highest BCUT2D eigenvalue weighted by Gasteiger charge is 2.16. The molecule has 0 unspecified atom stereocenters. The normalized spacial score (nSPS) is 10.4. The number of ether oxygens (including phenoxy) is 3. The number of halogens is 1. The van der Waals surface area contributed by atoms with Crippen LogP contribution < -0.4 is 9.47 Å². The second-order valence-electron chi connectivity index (χ2n) is 5.85. The Morgan fingerprint density at radius 2 is 1.83 bits per heavy atom. The van der Waals surface area contributed by atoms with Gasteiger partial charge in [-0.25, -0.2) is 4.79 Å². The summed E-state index contributed by atoms with van der Waals surface area (Å²) in [5, 5.41) is 4.50. The minimum atomic E-state index is -0.519. The third-order valence-electron chi connectivity index (χ3n) is 3.92. The second-order valence-corrected chi connectivity index (χ2v) is 6.29. The molecule has 150 valence electrons. The molecule has 0 spiro atoms. The summed E-state index contributed by atoms with van der Waals surface area (Å²) in [5.41, 5.74) is 1.03. The van der Waals surface area contributed by atoms with Gasteiger partial charge in [-0.1, -0.05) is 16.8 Å². The predicted octanol–water partition coefficient (Wildman–Crippen LogP) is 3.72. The first-order chi connectivity index (χ1) is 14.0. The van der Waals surface area contributed by atoms with E-state index in [0.717, 1.165) is 5.56 Å². The fourth-order valence-electron chi connectivity index (χ4n) is 2.45. The molecule has 9 heteroatoms. The summed E-state index contributed by atoms with van der Waals surface area (Å²) < 4.78 is 20.3. The number of rotatable bonds is 7. The van der Waals surface area contributed by atoms with Gasteiger partial charge in [-0.3, -0.25) is 4.79 Å². The predicted molar refractivity (Wildman–Crippen MR) is 103 cm³/mol. The Morgan fingerprint density at radius 3 is 2.52 bits per heavy atom. The van der Waals surface area contributed by atoms with Crippen molar-refractivity contribution in [2.24, 2.45) is 0 Å². The Labute approximate surface area is 171 Å². The SMILES string of the molecule is COC(=O)c1ccc(OC(=O)CCc2nc(-c3ccc(Cl)cc3)no2)c(OC)c1. The third kappa shape index (κ3) is 5.11. The molecule has 3 aromatic rings. The van der Waals surface area contributed by atoms with Crippen LogP contribution in [0, 0.1) is 0 Å². The van der Waals surface area contributed by atoms with Gasteiger partial charge in [0.2, 0.25) is 11.7 Å². The van der Waals surface area contributed by atoms with E-state index in [1.165, 1.54) is 32.4 Å². The maximum atomic E-state index is 12.2. The van der Waals surface area contributed by atoms with Crippen molar-refractivity contribution in [3.8, 4) is 22.9 Å². The van der Waals surface area contributed by atoms with Gasteiger partial charge >= 0.3 is 11.9 Å². The van der Waals surface area contributed by atoms with Gasteiger partial charge in [-0.05, 0) is 42.5 Å². The molecular formula is C20H17ClN2O6. The highest BCUT2D eigenvalue weighted by atomic mass is 35.5. The van der Waals surface area contributed by atoms with Crippen LogP contribution in [0.15, 0.2) is 47.0 Å². The molecule has 1 aromatic heterocycles. The van der Waals surface area contributed by atoms with Crippen LogP contribution in [-0.2, 0) is 16.0 Å². The molecule has 0 N–H and O–H groups in total. The Hall–Kier alpha value is -3.39. The van der Waals surface area contributed by atoms with Crippen molar-refractivity contribution < 1.29 is 28.3 Å². The summed E-state index contributed by atoms with van der Waals surface area (Å²) in [6, 6.07) is 11.4. The molecule has 29 heavy (non-hydrogen) atoms. The zero-order chi connectivity index (χ0) is 20.8. The van der Waals surface area contributed by atoms with Crippen molar-refractivity contribution >= 4 is 23.5 Å². The summed E-state index contributed by atoms with van der Waals surface area (Å²) in [4.78, 5) is 28.0. The van der Waals surface area contributed by atoms with Crippen molar-refractivity contribution in [2.45, 2.75) is 12.8 Å². The third-order valence-corrected chi connectivity index (χ3v) is 4.17. The van der Waals surface area contributed by atoms with Gasteiger partial charge in [0.05, 0.1) is 26.2 Å². The largest absolute Gasteiger partial charge is 0.493 e. The van der Waals surface area contributed by atoms with Crippen LogP contribution in [0.4, 0.5) is 0 Å². The number of hydrogen-bond donors (Lipinski definition) is 0. The number of benzene rings is 2. The van der Waals surface area contributed by atoms with E-state index >= 15 is 0 Å². The monoisotopic (exact) mass is 416 g/mol. The van der Waals surface area contributed by atoms with Gasteiger partial charge in [0.1, 0.15) is 0 Å². The molecule has 0 aliphatic heterocycles. The molecule has 0 atom stereocenters. The molecule has 0 aliphatic rings. The molecule has 8 nitrogen and oxygen atoms in total. The highest BCUT2D eigenvalue weighted by molar-refractivity contribution is 6.30. The smallest absolute Gasteiger partial charge is 0.337 e. The highest BCUT2D eigenvalue weighted by Crippen LogP contribution is 2.29. The lowest BCUT2D eigenvalue weighted by atomic mass is 10.2. The summed E-state index contributed by atoms with van der Waals surface area (Å²) >= 11 is 5.86. The van der Waals surface area contributed by atoms with Crippen LogP contribution >= 0.6 is 11.6 Å². The van der Waals surface area contributed by atoms with Crippen molar-refractivity contribution in [2.75, 3.05) is 14.2 Å². The van der Waals surface area contributed by atoms with Crippen LogP contribution in [0.5, 0.6) is 11.5 Å². The van der Waals surface area contributed by atoms with E-state index in [2.05, 4.69) is 14.9 Å². The summed E-state index contributed by atoms with van der Waals surface area (Å²) in [6.07, 6.45) is 0.228. The topological polar surface area (TPSA) is 101 Å². The van der Waals surface area contributed by atoms with Crippen molar-refractivity contribution in [1.29, 1.82) is 0 Å². The number of aryl methyl sites for hydroxylation is 1. The standard InChI is InChI=1S/C20H17ClN2O6/c1-26-16-11-13(20(25)27-2)5-8-15(16)28-18(24)10-9-17-22-19(23-29-17)12-3-6-14(21)7-4-12/h3-8,11H,9-10H2,1-2H3. The molecule has 0 aliphatic carbocycles. The van der Waals surface area contributed by atoms with Gasteiger partial charge in [0.15, 0.2) is 11.5 Å². The van der Waals surface area contributed by atoms with Gasteiger partial charge in [0.25, 0.3) is 0 Å². The Kier molecular flexibility index (Phi) is 6.46. The summed E-state index contributed by atoms with van der Waals surface area (Å²) in [5.74, 6) is 0.112. The van der Waals surface area contributed by atoms with Crippen molar-refractivity contribution in [3.63, 3.8) is 0 Å². The first-order valence-corrected chi connectivity index (χ1v) is 8.93. The molecule has 0 saturated carbocycles. The van der Waals surface area contributed by atoms with Gasteiger partial charge in [-0.2, -0.15) is 4.98 Å². The van der Waals surface area contributed by atoms with Crippen molar-refractivity contribution in [3.05, 3.63) is 58.9 Å². The average molecular weight is 417 g/mol. The quantitative estimate of drug-likeness (QED) is 0.424. The van der Waals surface area contributed by atoms with E-state index in [0.29, 0.717) is 16.7 Å². The van der Waals surface area contributed by atoms with Crippen LogP contribution in [-0.4, -0.2) is 36.3 Å². The van der Waals surface area contributed by atoms with Crippen LogP contribution in [0.2, 0.25) is 5.02 Å². The molecule has 0 amide bonds. The van der Waals surface area contributed by atoms with Gasteiger partial charge in [-0.15, -0.1) is 0 Å². The number of carbonyl (C=O) groups is 2. The van der Waals surface area contributed by atoms with Crippen LogP contribution in [0.25, 0.3) is 11.4 Å². The molecule has 0 bridgehead atoms. The van der Waals surface area contributed by atoms with Crippen molar-refractivity contribution in [1.82, 2.24) is 10.1 Å². The van der Waals surface area contributed by atoms with E-state index in [-0.39, 0.29) is 29.9 Å². The average Bonchev–Trinajstić information content (AvgIpc) is 3.21. The Morgan fingerprint density at radius 1 is 1.07 bits per heavy atom. The lowest BCUT2D eigenvalue weighted by Gasteiger charge is -2.10. The van der Waals surface area contributed by atoms with E-state index in [1.807, 2.05) is 0 Å². The fourth-order valence-corrected chi connectivity index (χ4v) is 2.58. The van der Waals surface area contributed by atoms with E-state index < -0.39 is 11.9 Å². The first-order valence-electron chi connectivity index (χ1n) is 8.55. The molecular weight excluding hydrogens is 400 g/mol. The van der Waals surface area contributed by atoms with Gasteiger partial charge in [0, 0.05) is 17.0 Å². The van der Waals surface area contributed by atoms with E-state index in [4.69, 9.17) is 25.6 Å². The van der Waals surface area contributed by atoms with E-state index in [1.54, 1.807) is 24.3 Å². The minimum Gasteiger partial charge on any atom is -0.493 e. The molecule has 2 aromatic carbocycles. The Bertz CT molecular complexity index is 1020. The number of aromatic nitrogens is 2. The number of carbonyl (C=O) groups excluding carboxylic acids is 2. The summed E-state index contributed by atoms with van der Waals surface area (Å²) in [7, 11) is 2.68. The molecule has 1 heterocycles. The summed E-state index contributed by atoms with van der Waals surface area (Å²) in [6.45, 7) is 0. The second kappa shape index (κ2) is 9.20.